The van der Waals surface area contributed by atoms with E-state index in [0.717, 1.165) is 12.1 Å². The van der Waals surface area contributed by atoms with Gasteiger partial charge in [-0.05, 0) is 48.7 Å². The second kappa shape index (κ2) is 5.85. The summed E-state index contributed by atoms with van der Waals surface area (Å²) in [5.41, 5.74) is 3.74. The number of aryl methyl sites for hydroxylation is 2. The Labute approximate surface area is 117 Å². The quantitative estimate of drug-likeness (QED) is 0.864. The molecule has 1 aromatic carbocycles. The lowest BCUT2D eigenvalue weighted by molar-refractivity contribution is 0.102. The normalized spacial score (nSPS) is 10.3. The van der Waals surface area contributed by atoms with Crippen molar-refractivity contribution in [1.29, 1.82) is 0 Å². The molecule has 0 atom stereocenters. The second-order valence-electron chi connectivity index (χ2n) is 4.32. The maximum Gasteiger partial charge on any atom is 0.257 e. The molecule has 1 amide bonds. The van der Waals surface area contributed by atoms with Crippen LogP contribution < -0.4 is 5.32 Å². The van der Waals surface area contributed by atoms with Gasteiger partial charge in [0.25, 0.3) is 5.91 Å². The summed E-state index contributed by atoms with van der Waals surface area (Å²) >= 11 is 5.69. The van der Waals surface area contributed by atoms with Crippen LogP contribution >= 0.6 is 11.6 Å². The van der Waals surface area contributed by atoms with E-state index < -0.39 is 0 Å². The number of nitrogens with one attached hydrogen (secondary N) is 1. The van der Waals surface area contributed by atoms with Gasteiger partial charge in [0.15, 0.2) is 0 Å². The summed E-state index contributed by atoms with van der Waals surface area (Å²) in [4.78, 5) is 15.9. The predicted molar refractivity (Wildman–Crippen MR) is 77.8 cm³/mol. The molecule has 0 saturated carbocycles. The Morgan fingerprint density at radius 2 is 2.11 bits per heavy atom. The van der Waals surface area contributed by atoms with Gasteiger partial charge in [-0.3, -0.25) is 4.79 Å². The number of pyridine rings is 1. The number of aromatic nitrogens is 1. The highest BCUT2D eigenvalue weighted by Crippen LogP contribution is 2.17. The number of nitrogens with zero attached hydrogens (tertiary/aromatic N) is 1. The van der Waals surface area contributed by atoms with E-state index in [1.54, 1.807) is 12.1 Å². The first-order valence-electron chi connectivity index (χ1n) is 6.12. The summed E-state index contributed by atoms with van der Waals surface area (Å²) in [6.45, 7) is 4.16. The van der Waals surface area contributed by atoms with E-state index >= 15 is 0 Å². The van der Waals surface area contributed by atoms with Crippen LogP contribution in [-0.2, 0) is 6.42 Å². The average molecular weight is 275 g/mol. The first-order chi connectivity index (χ1) is 9.10. The monoisotopic (exact) mass is 274 g/mol. The Morgan fingerprint density at radius 3 is 2.74 bits per heavy atom. The molecule has 0 saturated heterocycles. The highest BCUT2D eigenvalue weighted by molar-refractivity contribution is 6.29. The predicted octanol–water partition coefficient (Wildman–Crippen LogP) is 3.86. The van der Waals surface area contributed by atoms with Crippen molar-refractivity contribution >= 4 is 23.2 Å². The summed E-state index contributed by atoms with van der Waals surface area (Å²) in [6, 6.07) is 9.16. The average Bonchev–Trinajstić information content (AvgIpc) is 2.41. The van der Waals surface area contributed by atoms with E-state index in [4.69, 9.17) is 11.6 Å². The Hall–Kier alpha value is -1.87. The van der Waals surface area contributed by atoms with Crippen molar-refractivity contribution in [3.05, 3.63) is 58.4 Å². The second-order valence-corrected chi connectivity index (χ2v) is 4.71. The fraction of sp³-hybridized carbons (Fsp3) is 0.200. The zero-order valence-electron chi connectivity index (χ0n) is 10.9. The number of carbonyl (C=O) groups is 1. The minimum Gasteiger partial charge on any atom is -0.322 e. The molecule has 0 aliphatic rings. The molecule has 1 N–H and O–H groups in total. The van der Waals surface area contributed by atoms with Crippen molar-refractivity contribution in [2.24, 2.45) is 0 Å². The van der Waals surface area contributed by atoms with Crippen molar-refractivity contribution in [3.8, 4) is 0 Å². The SMILES string of the molecule is CCc1cc(NC(=O)c2ccc(Cl)nc2)ccc1C. The van der Waals surface area contributed by atoms with E-state index in [9.17, 15) is 4.79 Å². The molecule has 2 rings (SSSR count). The van der Waals surface area contributed by atoms with Crippen molar-refractivity contribution in [1.82, 2.24) is 4.98 Å². The van der Waals surface area contributed by atoms with Gasteiger partial charge < -0.3 is 5.32 Å². The van der Waals surface area contributed by atoms with Crippen molar-refractivity contribution in [2.75, 3.05) is 5.32 Å². The number of anilines is 1. The van der Waals surface area contributed by atoms with Gasteiger partial charge in [0.1, 0.15) is 5.15 Å². The summed E-state index contributed by atoms with van der Waals surface area (Å²) in [7, 11) is 0. The number of hydrogen-bond acceptors (Lipinski definition) is 2. The molecule has 2 aromatic rings. The van der Waals surface area contributed by atoms with Crippen LogP contribution in [0.5, 0.6) is 0 Å². The van der Waals surface area contributed by atoms with Gasteiger partial charge in [-0.25, -0.2) is 4.98 Å². The lowest BCUT2D eigenvalue weighted by Gasteiger charge is -2.09. The molecule has 19 heavy (non-hydrogen) atoms. The Morgan fingerprint density at radius 1 is 1.32 bits per heavy atom. The lowest BCUT2D eigenvalue weighted by Crippen LogP contribution is -2.12. The third kappa shape index (κ3) is 3.32. The summed E-state index contributed by atoms with van der Waals surface area (Å²) < 4.78 is 0. The first-order valence-corrected chi connectivity index (χ1v) is 6.50. The molecular formula is C15H15ClN2O. The van der Waals surface area contributed by atoms with Gasteiger partial charge in [-0.2, -0.15) is 0 Å². The maximum atomic E-state index is 12.0. The minimum absolute atomic E-state index is 0.185. The third-order valence-electron chi connectivity index (χ3n) is 2.98. The zero-order valence-corrected chi connectivity index (χ0v) is 11.7. The summed E-state index contributed by atoms with van der Waals surface area (Å²) in [5, 5.41) is 3.23. The molecule has 0 unspecified atom stereocenters. The molecule has 0 bridgehead atoms. The van der Waals surface area contributed by atoms with Crippen molar-refractivity contribution in [2.45, 2.75) is 20.3 Å². The van der Waals surface area contributed by atoms with Crippen molar-refractivity contribution < 1.29 is 4.79 Å². The van der Waals surface area contributed by atoms with Crippen LogP contribution in [0.15, 0.2) is 36.5 Å². The number of halogens is 1. The molecule has 98 valence electrons. The molecule has 0 aliphatic heterocycles. The Bertz CT molecular complexity index is 594. The lowest BCUT2D eigenvalue weighted by atomic mass is 10.1. The van der Waals surface area contributed by atoms with Gasteiger partial charge in [0.05, 0.1) is 5.56 Å². The van der Waals surface area contributed by atoms with E-state index in [1.807, 2.05) is 18.2 Å². The zero-order chi connectivity index (χ0) is 13.8. The van der Waals surface area contributed by atoms with E-state index in [-0.39, 0.29) is 5.91 Å². The highest BCUT2D eigenvalue weighted by Gasteiger charge is 2.07. The van der Waals surface area contributed by atoms with Crippen molar-refractivity contribution in [3.63, 3.8) is 0 Å². The molecule has 0 aliphatic carbocycles. The van der Waals surface area contributed by atoms with E-state index in [0.29, 0.717) is 10.7 Å². The number of hydrogen-bond donors (Lipinski definition) is 1. The van der Waals surface area contributed by atoms with Crippen LogP contribution in [-0.4, -0.2) is 10.9 Å². The standard InChI is InChI=1S/C15H15ClN2O/c1-3-11-8-13(6-4-10(11)2)18-15(19)12-5-7-14(16)17-9-12/h4-9H,3H2,1-2H3,(H,18,19). The third-order valence-corrected chi connectivity index (χ3v) is 3.20. The van der Waals surface area contributed by atoms with Gasteiger partial charge in [0, 0.05) is 11.9 Å². The molecule has 3 nitrogen and oxygen atoms in total. The van der Waals surface area contributed by atoms with Crippen LogP contribution in [0.25, 0.3) is 0 Å². The van der Waals surface area contributed by atoms with E-state index in [1.165, 1.54) is 17.3 Å². The van der Waals surface area contributed by atoms with Gasteiger partial charge in [0.2, 0.25) is 0 Å². The number of amides is 1. The Balaban J connectivity index is 2.17. The van der Waals surface area contributed by atoms with E-state index in [2.05, 4.69) is 24.1 Å². The number of carbonyl (C=O) groups excluding carboxylic acids is 1. The van der Waals surface area contributed by atoms with Crippen LogP contribution in [0, 0.1) is 6.92 Å². The molecule has 1 heterocycles. The molecular weight excluding hydrogens is 260 g/mol. The van der Waals surface area contributed by atoms with Crippen LogP contribution in [0.1, 0.15) is 28.4 Å². The van der Waals surface area contributed by atoms with Gasteiger partial charge in [-0.15, -0.1) is 0 Å². The number of rotatable bonds is 3. The first kappa shape index (κ1) is 13.6. The summed E-state index contributed by atoms with van der Waals surface area (Å²) in [5.74, 6) is -0.185. The highest BCUT2D eigenvalue weighted by atomic mass is 35.5. The van der Waals surface area contributed by atoms with Crippen LogP contribution in [0.2, 0.25) is 5.15 Å². The fourth-order valence-electron chi connectivity index (χ4n) is 1.84. The number of benzene rings is 1. The van der Waals surface area contributed by atoms with Crippen LogP contribution in [0.4, 0.5) is 5.69 Å². The minimum atomic E-state index is -0.185. The van der Waals surface area contributed by atoms with Crippen LogP contribution in [0.3, 0.4) is 0 Å². The maximum absolute atomic E-state index is 12.0. The fourth-order valence-corrected chi connectivity index (χ4v) is 1.96. The smallest absolute Gasteiger partial charge is 0.257 e. The topological polar surface area (TPSA) is 42.0 Å². The van der Waals surface area contributed by atoms with Gasteiger partial charge in [-0.1, -0.05) is 24.6 Å². The largest absolute Gasteiger partial charge is 0.322 e. The molecule has 0 radical (unpaired) electrons. The molecule has 0 fully saturated rings. The molecule has 0 spiro atoms. The van der Waals surface area contributed by atoms with Gasteiger partial charge >= 0.3 is 0 Å². The molecule has 1 aromatic heterocycles. The summed E-state index contributed by atoms with van der Waals surface area (Å²) in [6.07, 6.45) is 2.41. The Kier molecular flexibility index (Phi) is 4.17. The molecule has 4 heteroatoms.